The van der Waals surface area contributed by atoms with Crippen molar-refractivity contribution in [3.05, 3.63) is 12.3 Å². The van der Waals surface area contributed by atoms with E-state index in [0.717, 1.165) is 36.8 Å². The van der Waals surface area contributed by atoms with E-state index in [0.29, 0.717) is 39.2 Å². The van der Waals surface area contributed by atoms with Gasteiger partial charge < -0.3 is 19.1 Å². The molecule has 0 aliphatic rings. The van der Waals surface area contributed by atoms with Gasteiger partial charge in [0.1, 0.15) is 0 Å². The van der Waals surface area contributed by atoms with E-state index in [1.807, 2.05) is 20.8 Å². The molecular formula is C18H33NO5S. The fraction of sp³-hybridized carbons (Fsp3) is 0.778. The van der Waals surface area contributed by atoms with Crippen LogP contribution in [0.25, 0.3) is 0 Å². The van der Waals surface area contributed by atoms with Crippen LogP contribution in [0.15, 0.2) is 12.3 Å². The van der Waals surface area contributed by atoms with Crippen LogP contribution in [0.2, 0.25) is 0 Å². The topological polar surface area (TPSA) is 65.1 Å². The SMILES string of the molecule is C=C(CCN(CCSCCC(=O)OCC)CCC(=O)OCC)OCC. The first kappa shape index (κ1) is 23.8. The van der Waals surface area contributed by atoms with Crippen molar-refractivity contribution >= 4 is 23.7 Å². The highest BCUT2D eigenvalue weighted by Gasteiger charge is 2.10. The van der Waals surface area contributed by atoms with Crippen LogP contribution in [-0.4, -0.2) is 67.8 Å². The van der Waals surface area contributed by atoms with Gasteiger partial charge in [-0.15, -0.1) is 0 Å². The second-order valence-corrected chi connectivity index (χ2v) is 6.51. The molecule has 6 nitrogen and oxygen atoms in total. The molecule has 0 aliphatic carbocycles. The fourth-order valence-electron chi connectivity index (χ4n) is 2.06. The molecule has 0 spiro atoms. The lowest BCUT2D eigenvalue weighted by Crippen LogP contribution is -2.30. The molecule has 7 heteroatoms. The molecule has 0 radical (unpaired) electrons. The zero-order valence-electron chi connectivity index (χ0n) is 15.9. The molecule has 0 bridgehead atoms. The third kappa shape index (κ3) is 14.8. The number of hydrogen-bond acceptors (Lipinski definition) is 7. The maximum atomic E-state index is 11.6. The van der Waals surface area contributed by atoms with Crippen LogP contribution in [0.4, 0.5) is 0 Å². The highest BCUT2D eigenvalue weighted by Crippen LogP contribution is 2.08. The summed E-state index contributed by atoms with van der Waals surface area (Å²) < 4.78 is 15.3. The molecule has 0 aromatic heterocycles. The van der Waals surface area contributed by atoms with Crippen molar-refractivity contribution in [2.24, 2.45) is 0 Å². The highest BCUT2D eigenvalue weighted by molar-refractivity contribution is 7.99. The van der Waals surface area contributed by atoms with Gasteiger partial charge in [0.25, 0.3) is 0 Å². The standard InChI is InChI=1S/C18H33NO5S/c1-5-22-16(4)8-11-19(12-9-17(20)23-6-2)13-15-25-14-10-18(21)24-7-3/h4-15H2,1-3H3. The molecule has 0 aromatic rings. The summed E-state index contributed by atoms with van der Waals surface area (Å²) >= 11 is 1.71. The molecule has 0 heterocycles. The molecule has 0 aromatic carbocycles. The van der Waals surface area contributed by atoms with E-state index >= 15 is 0 Å². The molecule has 0 saturated heterocycles. The summed E-state index contributed by atoms with van der Waals surface area (Å²) in [5.41, 5.74) is 0. The van der Waals surface area contributed by atoms with Crippen molar-refractivity contribution in [2.75, 3.05) is 51.0 Å². The fourth-order valence-corrected chi connectivity index (χ4v) is 2.96. The van der Waals surface area contributed by atoms with E-state index in [9.17, 15) is 9.59 Å². The van der Waals surface area contributed by atoms with Crippen molar-refractivity contribution in [1.29, 1.82) is 0 Å². The van der Waals surface area contributed by atoms with Crippen molar-refractivity contribution in [3.63, 3.8) is 0 Å². The molecule has 0 aliphatic heterocycles. The molecule has 0 fully saturated rings. The van der Waals surface area contributed by atoms with E-state index in [2.05, 4.69) is 11.5 Å². The predicted molar refractivity (Wildman–Crippen MR) is 102 cm³/mol. The monoisotopic (exact) mass is 375 g/mol. The molecule has 146 valence electrons. The lowest BCUT2D eigenvalue weighted by molar-refractivity contribution is -0.144. The van der Waals surface area contributed by atoms with Gasteiger partial charge in [-0.25, -0.2) is 0 Å². The Kier molecular flexibility index (Phi) is 15.5. The first-order chi connectivity index (χ1) is 12.0. The average Bonchev–Trinajstić information content (AvgIpc) is 2.57. The first-order valence-corrected chi connectivity index (χ1v) is 10.1. The van der Waals surface area contributed by atoms with Gasteiger partial charge in [-0.3, -0.25) is 9.59 Å². The Bertz CT molecular complexity index is 368. The smallest absolute Gasteiger partial charge is 0.307 e. The lowest BCUT2D eigenvalue weighted by Gasteiger charge is -2.22. The van der Waals surface area contributed by atoms with Crippen LogP contribution in [0, 0.1) is 0 Å². The Morgan fingerprint density at radius 1 is 0.800 bits per heavy atom. The van der Waals surface area contributed by atoms with Crippen molar-refractivity contribution in [1.82, 2.24) is 4.90 Å². The summed E-state index contributed by atoms with van der Waals surface area (Å²) in [6.45, 7) is 13.2. The van der Waals surface area contributed by atoms with Crippen molar-refractivity contribution in [2.45, 2.75) is 40.0 Å². The van der Waals surface area contributed by atoms with E-state index in [1.54, 1.807) is 11.8 Å². The summed E-state index contributed by atoms with van der Waals surface area (Å²) in [7, 11) is 0. The van der Waals surface area contributed by atoms with Crippen LogP contribution in [0.3, 0.4) is 0 Å². The molecule has 0 saturated carbocycles. The Labute approximate surface area is 156 Å². The van der Waals surface area contributed by atoms with Crippen LogP contribution in [0.1, 0.15) is 40.0 Å². The average molecular weight is 376 g/mol. The summed E-state index contributed by atoms with van der Waals surface area (Å²) in [5, 5.41) is 0. The second kappa shape index (κ2) is 16.3. The van der Waals surface area contributed by atoms with Gasteiger partial charge in [0.2, 0.25) is 0 Å². The number of ether oxygens (including phenoxy) is 3. The molecule has 0 unspecified atom stereocenters. The Balaban J connectivity index is 4.12. The van der Waals surface area contributed by atoms with Crippen LogP contribution < -0.4 is 0 Å². The summed E-state index contributed by atoms with van der Waals surface area (Å²) in [5.74, 6) is 2.08. The number of carbonyl (C=O) groups is 2. The molecule has 0 atom stereocenters. The van der Waals surface area contributed by atoms with E-state index in [-0.39, 0.29) is 11.9 Å². The van der Waals surface area contributed by atoms with Gasteiger partial charge in [-0.05, 0) is 20.8 Å². The summed E-state index contributed by atoms with van der Waals surface area (Å²) in [6, 6.07) is 0. The highest BCUT2D eigenvalue weighted by atomic mass is 32.2. The minimum absolute atomic E-state index is 0.151. The number of rotatable bonds is 16. The van der Waals surface area contributed by atoms with Gasteiger partial charge >= 0.3 is 11.9 Å². The van der Waals surface area contributed by atoms with Crippen molar-refractivity contribution in [3.8, 4) is 0 Å². The lowest BCUT2D eigenvalue weighted by atomic mass is 10.3. The van der Waals surface area contributed by atoms with Crippen LogP contribution in [-0.2, 0) is 23.8 Å². The van der Waals surface area contributed by atoms with Gasteiger partial charge in [0.15, 0.2) is 0 Å². The third-order valence-corrected chi connectivity index (χ3v) is 4.26. The molecular weight excluding hydrogens is 342 g/mol. The van der Waals surface area contributed by atoms with Crippen LogP contribution >= 0.6 is 11.8 Å². The quantitative estimate of drug-likeness (QED) is 0.233. The number of thioether (sulfide) groups is 1. The minimum Gasteiger partial charge on any atom is -0.499 e. The molecule has 25 heavy (non-hydrogen) atoms. The predicted octanol–water partition coefficient (Wildman–Crippen LogP) is 2.87. The minimum atomic E-state index is -0.175. The zero-order chi connectivity index (χ0) is 18.9. The number of esters is 2. The van der Waals surface area contributed by atoms with E-state index in [1.165, 1.54) is 0 Å². The summed E-state index contributed by atoms with van der Waals surface area (Å²) in [4.78, 5) is 25.1. The van der Waals surface area contributed by atoms with Gasteiger partial charge in [-0.1, -0.05) is 6.58 Å². The number of hydrogen-bond donors (Lipinski definition) is 0. The largest absolute Gasteiger partial charge is 0.499 e. The first-order valence-electron chi connectivity index (χ1n) is 8.95. The van der Waals surface area contributed by atoms with Gasteiger partial charge in [0, 0.05) is 37.6 Å². The number of carbonyl (C=O) groups excluding carboxylic acids is 2. The third-order valence-electron chi connectivity index (χ3n) is 3.30. The Morgan fingerprint density at radius 3 is 1.96 bits per heavy atom. The van der Waals surface area contributed by atoms with Gasteiger partial charge in [0.05, 0.1) is 38.4 Å². The van der Waals surface area contributed by atoms with Gasteiger partial charge in [-0.2, -0.15) is 11.8 Å². The Morgan fingerprint density at radius 2 is 1.36 bits per heavy atom. The Hall–Kier alpha value is -1.21. The second-order valence-electron chi connectivity index (χ2n) is 5.29. The summed E-state index contributed by atoms with van der Waals surface area (Å²) in [6.07, 6.45) is 1.55. The maximum absolute atomic E-state index is 11.6. The van der Waals surface area contributed by atoms with E-state index < -0.39 is 0 Å². The zero-order valence-corrected chi connectivity index (χ0v) is 16.7. The molecule has 0 amide bonds. The molecule has 0 rings (SSSR count). The van der Waals surface area contributed by atoms with Crippen LogP contribution in [0.5, 0.6) is 0 Å². The number of nitrogens with zero attached hydrogens (tertiary/aromatic N) is 1. The normalized spacial score (nSPS) is 10.6. The van der Waals surface area contributed by atoms with Crippen molar-refractivity contribution < 1.29 is 23.8 Å². The maximum Gasteiger partial charge on any atom is 0.307 e. The molecule has 0 N–H and O–H groups in total. The van der Waals surface area contributed by atoms with E-state index in [4.69, 9.17) is 14.2 Å².